The molecular formula is C17H26ClNO. The summed E-state index contributed by atoms with van der Waals surface area (Å²) in [7, 11) is 0. The molecule has 1 aromatic carbocycles. The van der Waals surface area contributed by atoms with Crippen LogP contribution >= 0.6 is 11.6 Å². The summed E-state index contributed by atoms with van der Waals surface area (Å²) in [6.45, 7) is 13.1. The van der Waals surface area contributed by atoms with Crippen molar-refractivity contribution in [2.24, 2.45) is 5.92 Å². The maximum Gasteiger partial charge on any atom is 0.125 e. The minimum Gasteiger partial charge on any atom is -0.489 e. The molecule has 112 valence electrons. The highest BCUT2D eigenvalue weighted by Gasteiger charge is 2.07. The minimum atomic E-state index is 0.538. The van der Waals surface area contributed by atoms with Crippen molar-refractivity contribution in [1.29, 1.82) is 0 Å². The minimum absolute atomic E-state index is 0.538. The first-order valence-corrected chi connectivity index (χ1v) is 7.57. The van der Waals surface area contributed by atoms with Crippen molar-refractivity contribution < 1.29 is 4.74 Å². The van der Waals surface area contributed by atoms with Gasteiger partial charge >= 0.3 is 0 Å². The SMILES string of the molecule is C/C(=C\Cl)COc1c(C)cc(CNCC(C)C)cc1C. The molecule has 0 atom stereocenters. The Kier molecular flexibility index (Phi) is 7.11. The second-order valence-electron chi connectivity index (χ2n) is 5.83. The van der Waals surface area contributed by atoms with Gasteiger partial charge in [-0.15, -0.1) is 0 Å². The quantitative estimate of drug-likeness (QED) is 0.795. The van der Waals surface area contributed by atoms with E-state index in [9.17, 15) is 0 Å². The Hall–Kier alpha value is -0.990. The van der Waals surface area contributed by atoms with E-state index in [-0.39, 0.29) is 0 Å². The molecular weight excluding hydrogens is 270 g/mol. The number of hydrogen-bond donors (Lipinski definition) is 1. The van der Waals surface area contributed by atoms with Crippen LogP contribution in [0.5, 0.6) is 5.75 Å². The molecule has 0 aliphatic rings. The molecule has 0 aromatic heterocycles. The molecule has 0 radical (unpaired) electrons. The van der Waals surface area contributed by atoms with Crippen LogP contribution in [0.1, 0.15) is 37.5 Å². The van der Waals surface area contributed by atoms with E-state index in [4.69, 9.17) is 16.3 Å². The highest BCUT2D eigenvalue weighted by molar-refractivity contribution is 6.25. The van der Waals surface area contributed by atoms with Crippen molar-refractivity contribution in [2.75, 3.05) is 13.2 Å². The Morgan fingerprint density at radius 1 is 1.30 bits per heavy atom. The molecule has 1 N–H and O–H groups in total. The standard InChI is InChI=1S/C17H26ClNO/c1-12(2)9-19-10-16-6-14(4)17(15(5)7-16)20-11-13(3)8-18/h6-8,12,19H,9-11H2,1-5H3/b13-8+. The Morgan fingerprint density at radius 2 is 1.90 bits per heavy atom. The van der Waals surface area contributed by atoms with E-state index >= 15 is 0 Å². The van der Waals surface area contributed by atoms with Crippen molar-refractivity contribution in [2.45, 2.75) is 41.2 Å². The van der Waals surface area contributed by atoms with Gasteiger partial charge in [-0.1, -0.05) is 37.6 Å². The molecule has 0 amide bonds. The topological polar surface area (TPSA) is 21.3 Å². The van der Waals surface area contributed by atoms with Gasteiger partial charge in [0.2, 0.25) is 0 Å². The van der Waals surface area contributed by atoms with Crippen molar-refractivity contribution in [1.82, 2.24) is 5.32 Å². The van der Waals surface area contributed by atoms with Crippen LogP contribution < -0.4 is 10.1 Å². The van der Waals surface area contributed by atoms with Crippen LogP contribution in [-0.4, -0.2) is 13.2 Å². The third-order valence-electron chi connectivity index (χ3n) is 3.03. The van der Waals surface area contributed by atoms with Crippen LogP contribution in [0.15, 0.2) is 23.2 Å². The van der Waals surface area contributed by atoms with Crippen LogP contribution in [0.4, 0.5) is 0 Å². The van der Waals surface area contributed by atoms with Gasteiger partial charge in [-0.25, -0.2) is 0 Å². The molecule has 0 unspecified atom stereocenters. The summed E-state index contributed by atoms with van der Waals surface area (Å²) >= 11 is 5.66. The van der Waals surface area contributed by atoms with Crippen LogP contribution in [0, 0.1) is 19.8 Å². The van der Waals surface area contributed by atoms with E-state index in [0.29, 0.717) is 12.5 Å². The monoisotopic (exact) mass is 295 g/mol. The molecule has 1 aromatic rings. The highest BCUT2D eigenvalue weighted by Crippen LogP contribution is 2.25. The fraction of sp³-hybridized carbons (Fsp3) is 0.529. The van der Waals surface area contributed by atoms with Crippen LogP contribution in [-0.2, 0) is 6.54 Å². The van der Waals surface area contributed by atoms with E-state index in [1.807, 2.05) is 6.92 Å². The largest absolute Gasteiger partial charge is 0.489 e. The smallest absolute Gasteiger partial charge is 0.125 e. The number of nitrogens with one attached hydrogen (secondary N) is 1. The lowest BCUT2D eigenvalue weighted by molar-refractivity contribution is 0.347. The Morgan fingerprint density at radius 3 is 2.40 bits per heavy atom. The summed E-state index contributed by atoms with van der Waals surface area (Å²) in [5.74, 6) is 1.64. The second-order valence-corrected chi connectivity index (χ2v) is 6.05. The summed E-state index contributed by atoms with van der Waals surface area (Å²) < 4.78 is 5.84. The Labute approximate surface area is 128 Å². The lowest BCUT2D eigenvalue weighted by Gasteiger charge is -2.15. The maximum atomic E-state index is 5.84. The number of benzene rings is 1. The fourth-order valence-electron chi connectivity index (χ4n) is 2.09. The highest BCUT2D eigenvalue weighted by atomic mass is 35.5. The van der Waals surface area contributed by atoms with Gasteiger partial charge in [0.1, 0.15) is 12.4 Å². The molecule has 3 heteroatoms. The Bertz CT molecular complexity index is 443. The zero-order valence-corrected chi connectivity index (χ0v) is 14.0. The predicted octanol–water partition coefficient (Wildman–Crippen LogP) is 4.57. The molecule has 0 heterocycles. The second kappa shape index (κ2) is 8.33. The summed E-state index contributed by atoms with van der Waals surface area (Å²) in [4.78, 5) is 0. The van der Waals surface area contributed by atoms with Gasteiger partial charge in [-0.3, -0.25) is 0 Å². The van der Waals surface area contributed by atoms with Gasteiger partial charge in [-0.2, -0.15) is 0 Å². The van der Waals surface area contributed by atoms with E-state index in [1.54, 1.807) is 5.54 Å². The van der Waals surface area contributed by atoms with E-state index in [2.05, 4.69) is 45.1 Å². The molecule has 20 heavy (non-hydrogen) atoms. The number of rotatable bonds is 7. The third kappa shape index (κ3) is 5.56. The maximum absolute atomic E-state index is 5.84. The van der Waals surface area contributed by atoms with Gasteiger partial charge in [0.05, 0.1) is 0 Å². The predicted molar refractivity (Wildman–Crippen MR) is 87.6 cm³/mol. The summed E-state index contributed by atoms with van der Waals surface area (Å²) in [5, 5.41) is 3.47. The number of aryl methyl sites for hydroxylation is 2. The zero-order chi connectivity index (χ0) is 15.1. The van der Waals surface area contributed by atoms with Crippen LogP contribution in [0.3, 0.4) is 0 Å². The van der Waals surface area contributed by atoms with E-state index in [0.717, 1.165) is 24.4 Å². The van der Waals surface area contributed by atoms with Crippen molar-refractivity contribution >= 4 is 11.6 Å². The first kappa shape index (κ1) is 17.1. The lowest BCUT2D eigenvalue weighted by Crippen LogP contribution is -2.19. The zero-order valence-electron chi connectivity index (χ0n) is 13.2. The normalized spacial score (nSPS) is 12.1. The van der Waals surface area contributed by atoms with Gasteiger partial charge in [0.15, 0.2) is 0 Å². The molecule has 0 spiro atoms. The first-order valence-electron chi connectivity index (χ1n) is 7.13. The van der Waals surface area contributed by atoms with Crippen LogP contribution in [0.2, 0.25) is 0 Å². The van der Waals surface area contributed by atoms with E-state index in [1.165, 1.54) is 16.7 Å². The van der Waals surface area contributed by atoms with Gasteiger partial charge in [0.25, 0.3) is 0 Å². The molecule has 0 aliphatic carbocycles. The van der Waals surface area contributed by atoms with Crippen LogP contribution in [0.25, 0.3) is 0 Å². The molecule has 0 aliphatic heterocycles. The average molecular weight is 296 g/mol. The third-order valence-corrected chi connectivity index (χ3v) is 3.40. The molecule has 0 saturated carbocycles. The number of ether oxygens (including phenoxy) is 1. The Balaban J connectivity index is 2.70. The van der Waals surface area contributed by atoms with Gasteiger partial charge in [0, 0.05) is 12.1 Å². The first-order chi connectivity index (χ1) is 9.43. The molecule has 1 rings (SSSR count). The molecule has 0 fully saturated rings. The van der Waals surface area contributed by atoms with Gasteiger partial charge in [-0.05, 0) is 55.5 Å². The average Bonchev–Trinajstić information content (AvgIpc) is 2.37. The fourth-order valence-corrected chi connectivity index (χ4v) is 2.16. The van der Waals surface area contributed by atoms with Crippen molar-refractivity contribution in [3.8, 4) is 5.75 Å². The lowest BCUT2D eigenvalue weighted by atomic mass is 10.1. The molecule has 2 nitrogen and oxygen atoms in total. The van der Waals surface area contributed by atoms with E-state index < -0.39 is 0 Å². The van der Waals surface area contributed by atoms with Gasteiger partial charge < -0.3 is 10.1 Å². The molecule has 0 saturated heterocycles. The summed E-state index contributed by atoms with van der Waals surface area (Å²) in [5.41, 5.74) is 6.24. The molecule has 0 bridgehead atoms. The summed E-state index contributed by atoms with van der Waals surface area (Å²) in [6, 6.07) is 4.38. The van der Waals surface area contributed by atoms with Crippen molar-refractivity contribution in [3.05, 3.63) is 39.9 Å². The number of halogens is 1. The van der Waals surface area contributed by atoms with Crippen molar-refractivity contribution in [3.63, 3.8) is 0 Å². The summed E-state index contributed by atoms with van der Waals surface area (Å²) in [6.07, 6.45) is 0. The number of hydrogen-bond acceptors (Lipinski definition) is 2.